The average molecular weight is 355 g/mol. The molecule has 3 heterocycles. The Kier molecular flexibility index (Phi) is 3.50. The summed E-state index contributed by atoms with van der Waals surface area (Å²) in [5.41, 5.74) is 14.8. The highest BCUT2D eigenvalue weighted by Crippen LogP contribution is 2.33. The summed E-state index contributed by atoms with van der Waals surface area (Å²) in [5.74, 6) is 1.26. The van der Waals surface area contributed by atoms with E-state index < -0.39 is 0 Å². The van der Waals surface area contributed by atoms with Crippen LogP contribution in [0.2, 0.25) is 0 Å². The Morgan fingerprint density at radius 3 is 2.70 bits per heavy atom. The fourth-order valence-corrected chi connectivity index (χ4v) is 4.09. The van der Waals surface area contributed by atoms with Crippen LogP contribution in [0.5, 0.6) is 0 Å². The summed E-state index contributed by atoms with van der Waals surface area (Å²) in [6.07, 6.45) is 5.22. The fourth-order valence-electron chi connectivity index (χ4n) is 4.09. The van der Waals surface area contributed by atoms with Gasteiger partial charge in [0.25, 0.3) is 0 Å². The zero-order valence-electron chi connectivity index (χ0n) is 15.5. The van der Waals surface area contributed by atoms with Gasteiger partial charge < -0.3 is 5.73 Å². The Morgan fingerprint density at radius 2 is 1.85 bits per heavy atom. The van der Waals surface area contributed by atoms with Gasteiger partial charge in [-0.3, -0.25) is 4.57 Å². The molecule has 1 aliphatic carbocycles. The van der Waals surface area contributed by atoms with Crippen molar-refractivity contribution in [1.82, 2.24) is 19.5 Å². The lowest BCUT2D eigenvalue weighted by Crippen LogP contribution is -2.03. The number of nitrogens with zero attached hydrogens (tertiary/aromatic N) is 4. The van der Waals surface area contributed by atoms with Crippen LogP contribution in [0.3, 0.4) is 0 Å². The number of benzene rings is 1. The van der Waals surface area contributed by atoms with Crippen LogP contribution in [0.1, 0.15) is 28.8 Å². The topological polar surface area (TPSA) is 69.6 Å². The molecule has 4 aromatic rings. The molecule has 0 atom stereocenters. The van der Waals surface area contributed by atoms with Gasteiger partial charge in [0.2, 0.25) is 0 Å². The number of nitrogens with two attached hydrogens (primary N) is 1. The highest BCUT2D eigenvalue weighted by atomic mass is 15.1. The van der Waals surface area contributed by atoms with Gasteiger partial charge in [0.1, 0.15) is 11.3 Å². The molecule has 0 aliphatic heterocycles. The van der Waals surface area contributed by atoms with E-state index in [0.29, 0.717) is 5.82 Å². The van der Waals surface area contributed by atoms with Crippen molar-refractivity contribution in [1.29, 1.82) is 0 Å². The summed E-state index contributed by atoms with van der Waals surface area (Å²) < 4.78 is 2.13. The number of aromatic nitrogens is 4. The molecule has 0 fully saturated rings. The van der Waals surface area contributed by atoms with Crippen LogP contribution < -0.4 is 5.73 Å². The highest BCUT2D eigenvalue weighted by Gasteiger charge is 2.20. The molecule has 3 aromatic heterocycles. The molecular weight excluding hydrogens is 334 g/mol. The summed E-state index contributed by atoms with van der Waals surface area (Å²) in [6, 6.07) is 12.6. The lowest BCUT2D eigenvalue weighted by atomic mass is 10.1. The van der Waals surface area contributed by atoms with Crippen molar-refractivity contribution in [3.63, 3.8) is 0 Å². The zero-order valence-corrected chi connectivity index (χ0v) is 15.5. The van der Waals surface area contributed by atoms with Gasteiger partial charge in [-0.25, -0.2) is 15.0 Å². The minimum absolute atomic E-state index is 0.476. The van der Waals surface area contributed by atoms with Gasteiger partial charge in [-0.2, -0.15) is 0 Å². The van der Waals surface area contributed by atoms with Crippen LogP contribution in [0, 0.1) is 13.8 Å². The molecule has 0 saturated heterocycles. The van der Waals surface area contributed by atoms with E-state index in [1.54, 1.807) is 6.20 Å². The lowest BCUT2D eigenvalue weighted by Gasteiger charge is -2.12. The Balaban J connectivity index is 1.86. The molecule has 0 bridgehead atoms. The second kappa shape index (κ2) is 5.91. The molecule has 5 rings (SSSR count). The predicted octanol–water partition coefficient (Wildman–Crippen LogP) is 4.17. The van der Waals surface area contributed by atoms with Crippen molar-refractivity contribution < 1.29 is 0 Å². The third-order valence-corrected chi connectivity index (χ3v) is 5.35. The van der Waals surface area contributed by atoms with Gasteiger partial charge in [-0.15, -0.1) is 0 Å². The van der Waals surface area contributed by atoms with E-state index in [2.05, 4.69) is 40.7 Å². The van der Waals surface area contributed by atoms with Gasteiger partial charge in [0, 0.05) is 17.6 Å². The van der Waals surface area contributed by atoms with Crippen LogP contribution in [-0.2, 0) is 12.8 Å². The Labute approximate surface area is 157 Å². The molecule has 5 heteroatoms. The molecule has 2 N–H and O–H groups in total. The number of nitrogen functional groups attached to an aromatic ring is 1. The average Bonchev–Trinajstić information content (AvgIpc) is 3.25. The molecule has 0 spiro atoms. The predicted molar refractivity (Wildman–Crippen MR) is 108 cm³/mol. The van der Waals surface area contributed by atoms with E-state index in [4.69, 9.17) is 15.7 Å². The minimum Gasteiger partial charge on any atom is -0.383 e. The van der Waals surface area contributed by atoms with Crippen LogP contribution in [-0.4, -0.2) is 19.5 Å². The first-order valence-corrected chi connectivity index (χ1v) is 9.31. The van der Waals surface area contributed by atoms with Crippen molar-refractivity contribution in [2.24, 2.45) is 0 Å². The molecule has 5 nitrogen and oxygen atoms in total. The van der Waals surface area contributed by atoms with Crippen molar-refractivity contribution >= 4 is 17.0 Å². The molecule has 1 aliphatic rings. The summed E-state index contributed by atoms with van der Waals surface area (Å²) in [5, 5.41) is 0. The third-order valence-electron chi connectivity index (χ3n) is 5.35. The van der Waals surface area contributed by atoms with Crippen LogP contribution >= 0.6 is 0 Å². The number of anilines is 1. The molecule has 27 heavy (non-hydrogen) atoms. The van der Waals surface area contributed by atoms with E-state index >= 15 is 0 Å². The maximum Gasteiger partial charge on any atom is 0.165 e. The van der Waals surface area contributed by atoms with E-state index in [0.717, 1.165) is 45.9 Å². The van der Waals surface area contributed by atoms with Crippen molar-refractivity contribution in [2.75, 3.05) is 5.73 Å². The summed E-state index contributed by atoms with van der Waals surface area (Å²) in [4.78, 5) is 14.0. The molecule has 134 valence electrons. The fraction of sp³-hybridized carbons (Fsp3) is 0.227. The van der Waals surface area contributed by atoms with Crippen LogP contribution in [0.25, 0.3) is 28.2 Å². The quantitative estimate of drug-likeness (QED) is 0.586. The molecule has 0 saturated carbocycles. The monoisotopic (exact) mass is 355 g/mol. The largest absolute Gasteiger partial charge is 0.383 e. The Hall–Kier alpha value is -3.21. The van der Waals surface area contributed by atoms with Gasteiger partial charge in [-0.05, 0) is 80.1 Å². The minimum atomic E-state index is 0.476. The van der Waals surface area contributed by atoms with Crippen molar-refractivity contribution in [2.45, 2.75) is 33.1 Å². The summed E-state index contributed by atoms with van der Waals surface area (Å²) in [6.45, 7) is 4.10. The van der Waals surface area contributed by atoms with Gasteiger partial charge in [0.15, 0.2) is 11.5 Å². The Morgan fingerprint density at radius 1 is 1.00 bits per heavy atom. The normalized spacial score (nSPS) is 13.3. The number of hydrogen-bond acceptors (Lipinski definition) is 4. The van der Waals surface area contributed by atoms with E-state index in [9.17, 15) is 0 Å². The first-order chi connectivity index (χ1) is 13.1. The number of imidazole rings is 1. The SMILES string of the molecule is Cc1cc(C)c2nc(-c3cccnc3N)n(-c3ccc4c(c3)CCC4)c2n1. The third kappa shape index (κ3) is 2.50. The zero-order chi connectivity index (χ0) is 18.5. The number of fused-ring (bicyclic) bond motifs is 2. The first-order valence-electron chi connectivity index (χ1n) is 9.31. The number of pyridine rings is 2. The van der Waals surface area contributed by atoms with E-state index in [1.165, 1.54) is 24.0 Å². The summed E-state index contributed by atoms with van der Waals surface area (Å²) >= 11 is 0. The highest BCUT2D eigenvalue weighted by molar-refractivity contribution is 5.85. The lowest BCUT2D eigenvalue weighted by molar-refractivity contribution is 0.911. The smallest absolute Gasteiger partial charge is 0.165 e. The first kappa shape index (κ1) is 16.0. The number of hydrogen-bond donors (Lipinski definition) is 1. The van der Waals surface area contributed by atoms with Crippen LogP contribution in [0.15, 0.2) is 42.6 Å². The Bertz CT molecular complexity index is 1190. The molecule has 1 aromatic carbocycles. The van der Waals surface area contributed by atoms with Crippen molar-refractivity contribution in [3.05, 3.63) is 65.0 Å². The maximum atomic E-state index is 6.19. The van der Waals surface area contributed by atoms with E-state index in [1.807, 2.05) is 19.1 Å². The standard InChI is InChI=1S/C22H21N5/c1-13-11-14(2)25-22-19(13)26-21(18-7-4-10-24-20(18)23)27(22)17-9-8-15-5-3-6-16(15)12-17/h4,7-12H,3,5-6H2,1-2H3,(H2,23,24). The van der Waals surface area contributed by atoms with Crippen molar-refractivity contribution in [3.8, 4) is 17.1 Å². The molecular formula is C22H21N5. The molecule has 0 unspecified atom stereocenters. The second-order valence-corrected chi connectivity index (χ2v) is 7.27. The van der Waals surface area contributed by atoms with Gasteiger partial charge in [0.05, 0.1) is 5.56 Å². The number of rotatable bonds is 2. The van der Waals surface area contributed by atoms with Crippen LogP contribution in [0.4, 0.5) is 5.82 Å². The molecule has 0 amide bonds. The molecule has 0 radical (unpaired) electrons. The van der Waals surface area contributed by atoms with E-state index in [-0.39, 0.29) is 0 Å². The second-order valence-electron chi connectivity index (χ2n) is 7.27. The number of aryl methyl sites for hydroxylation is 4. The maximum absolute atomic E-state index is 6.19. The summed E-state index contributed by atoms with van der Waals surface area (Å²) in [7, 11) is 0. The van der Waals surface area contributed by atoms with Gasteiger partial charge >= 0.3 is 0 Å². The van der Waals surface area contributed by atoms with Gasteiger partial charge in [-0.1, -0.05) is 6.07 Å².